The van der Waals surface area contributed by atoms with Gasteiger partial charge in [0.2, 0.25) is 0 Å². The number of aliphatic hydroxyl groups is 4. The monoisotopic (exact) mass is 344 g/mol. The highest BCUT2D eigenvalue weighted by molar-refractivity contribution is 6.04. The minimum atomic E-state index is -2.90. The fourth-order valence-electron chi connectivity index (χ4n) is 2.76. The normalized spacial score (nSPS) is 33.2. The Hall–Kier alpha value is -2.40. The molecule has 2 unspecified atom stereocenters. The third-order valence-corrected chi connectivity index (χ3v) is 4.09. The van der Waals surface area contributed by atoms with Crippen LogP contribution in [-0.2, 0) is 4.79 Å². The zero-order valence-electron chi connectivity index (χ0n) is 12.1. The van der Waals surface area contributed by atoms with Crippen LogP contribution in [0.15, 0.2) is 12.1 Å². The largest absolute Gasteiger partial charge is 0.504 e. The van der Waals surface area contributed by atoms with Crippen molar-refractivity contribution in [3.8, 4) is 17.2 Å². The topological polar surface area (TPSA) is 196 Å². The number of Topliss-reactive ketones (excluding diaryl/α,β-unsaturated/α-hetero) is 1. The maximum atomic E-state index is 12.5. The fourth-order valence-corrected chi connectivity index (χ4v) is 2.76. The summed E-state index contributed by atoms with van der Waals surface area (Å²) in [4.78, 5) is 23.6. The van der Waals surface area contributed by atoms with Gasteiger partial charge in [-0.1, -0.05) is 0 Å². The van der Waals surface area contributed by atoms with Gasteiger partial charge in [0.15, 0.2) is 34.2 Å². The molecule has 0 heterocycles. The number of carboxylic acids is 1. The average Bonchev–Trinajstić information content (AvgIpc) is 2.48. The molecule has 24 heavy (non-hydrogen) atoms. The SMILES string of the molecule is O=C(O)C1(O)C[C@@H](O)C(O)[C@@](O)(C(=O)c2cc(O)c(O)c(O)c2)C1. The number of carboxylic acid groups (broad SMARTS) is 1. The first-order valence-corrected chi connectivity index (χ1v) is 6.76. The van der Waals surface area contributed by atoms with Crippen LogP contribution in [0.1, 0.15) is 23.2 Å². The molecule has 1 aliphatic carbocycles. The highest BCUT2D eigenvalue weighted by Crippen LogP contribution is 2.41. The lowest BCUT2D eigenvalue weighted by Crippen LogP contribution is -2.65. The van der Waals surface area contributed by atoms with Gasteiger partial charge in [-0.3, -0.25) is 4.79 Å². The molecule has 0 spiro atoms. The Balaban J connectivity index is 2.50. The zero-order valence-corrected chi connectivity index (χ0v) is 12.1. The predicted molar refractivity (Wildman–Crippen MR) is 74.5 cm³/mol. The first kappa shape index (κ1) is 17.9. The van der Waals surface area contributed by atoms with Gasteiger partial charge in [-0.15, -0.1) is 0 Å². The molecule has 0 bridgehead atoms. The van der Waals surface area contributed by atoms with Gasteiger partial charge in [0, 0.05) is 18.4 Å². The van der Waals surface area contributed by atoms with E-state index in [0.29, 0.717) is 12.1 Å². The zero-order chi connectivity index (χ0) is 18.4. The Labute approximate surface area is 134 Å². The molecule has 10 nitrogen and oxygen atoms in total. The second-order valence-electron chi connectivity index (χ2n) is 5.85. The highest BCUT2D eigenvalue weighted by atomic mass is 16.4. The lowest BCUT2D eigenvalue weighted by atomic mass is 9.69. The molecule has 0 aliphatic heterocycles. The number of aromatic hydroxyl groups is 3. The summed E-state index contributed by atoms with van der Waals surface area (Å²) in [6.07, 6.45) is -5.99. The minimum absolute atomic E-state index is 0.578. The number of phenols is 3. The van der Waals surface area contributed by atoms with Crippen molar-refractivity contribution in [1.82, 2.24) is 0 Å². The van der Waals surface area contributed by atoms with Gasteiger partial charge in [-0.05, 0) is 12.1 Å². The van der Waals surface area contributed by atoms with Gasteiger partial charge < -0.3 is 40.9 Å². The number of carbonyl (C=O) groups is 2. The Morgan fingerprint density at radius 2 is 1.54 bits per heavy atom. The molecule has 4 atom stereocenters. The number of rotatable bonds is 3. The molecule has 0 radical (unpaired) electrons. The van der Waals surface area contributed by atoms with Gasteiger partial charge in [-0.2, -0.15) is 0 Å². The molecule has 2 rings (SSSR count). The standard InChI is InChI=1S/C14H16O10/c15-6-1-5(2-7(16)9(6)18)10(19)14(24)4-13(23,12(21)22)3-8(17)11(14)20/h1-2,8,11,15-18,20,23-24H,3-4H2,(H,21,22)/t8-,11?,13?,14+/m1/s1. The van der Waals surface area contributed by atoms with E-state index in [-0.39, 0.29) is 0 Å². The van der Waals surface area contributed by atoms with E-state index in [1.165, 1.54) is 0 Å². The van der Waals surface area contributed by atoms with Gasteiger partial charge in [-0.25, -0.2) is 4.79 Å². The predicted octanol–water partition coefficient (Wildman–Crippen LogP) is -1.95. The third-order valence-electron chi connectivity index (χ3n) is 4.09. The van der Waals surface area contributed by atoms with Crippen molar-refractivity contribution in [2.75, 3.05) is 0 Å². The quantitative estimate of drug-likeness (QED) is 0.225. The van der Waals surface area contributed by atoms with E-state index in [9.17, 15) is 45.3 Å². The summed E-state index contributed by atoms with van der Waals surface area (Å²) in [5.74, 6) is -5.90. The lowest BCUT2D eigenvalue weighted by molar-refractivity contribution is -0.201. The molecule has 10 heteroatoms. The van der Waals surface area contributed by atoms with Crippen LogP contribution in [0.2, 0.25) is 0 Å². The number of carbonyl (C=O) groups excluding carboxylic acids is 1. The molecular formula is C14H16O10. The number of aliphatic carboxylic acids is 1. The highest BCUT2D eigenvalue weighted by Gasteiger charge is 2.59. The molecule has 1 aromatic carbocycles. The van der Waals surface area contributed by atoms with Crippen LogP contribution in [0.3, 0.4) is 0 Å². The van der Waals surface area contributed by atoms with Gasteiger partial charge >= 0.3 is 5.97 Å². The molecular weight excluding hydrogens is 328 g/mol. The molecule has 0 saturated heterocycles. The third kappa shape index (κ3) is 2.65. The van der Waals surface area contributed by atoms with E-state index >= 15 is 0 Å². The van der Waals surface area contributed by atoms with E-state index in [1.54, 1.807) is 0 Å². The van der Waals surface area contributed by atoms with Gasteiger partial charge in [0.1, 0.15) is 6.10 Å². The molecule has 1 aromatic rings. The maximum Gasteiger partial charge on any atom is 0.335 e. The molecule has 0 aromatic heterocycles. The number of ketones is 1. The summed E-state index contributed by atoms with van der Waals surface area (Å²) in [5, 5.41) is 77.2. The van der Waals surface area contributed by atoms with E-state index < -0.39 is 70.8 Å². The summed E-state index contributed by atoms with van der Waals surface area (Å²) in [5.41, 5.74) is -6.16. The van der Waals surface area contributed by atoms with Crippen LogP contribution in [0.5, 0.6) is 17.2 Å². The number of hydrogen-bond donors (Lipinski definition) is 8. The molecule has 8 N–H and O–H groups in total. The van der Waals surface area contributed by atoms with Crippen molar-refractivity contribution in [1.29, 1.82) is 0 Å². The lowest BCUT2D eigenvalue weighted by Gasteiger charge is -2.44. The van der Waals surface area contributed by atoms with Crippen LogP contribution < -0.4 is 0 Å². The number of hydrogen-bond acceptors (Lipinski definition) is 9. The van der Waals surface area contributed by atoms with Crippen molar-refractivity contribution in [3.05, 3.63) is 17.7 Å². The van der Waals surface area contributed by atoms with E-state index in [4.69, 9.17) is 5.11 Å². The minimum Gasteiger partial charge on any atom is -0.504 e. The van der Waals surface area contributed by atoms with Gasteiger partial charge in [0.05, 0.1) is 6.10 Å². The second-order valence-corrected chi connectivity index (χ2v) is 5.85. The molecule has 0 amide bonds. The Bertz CT molecular complexity index is 678. The smallest absolute Gasteiger partial charge is 0.335 e. The summed E-state index contributed by atoms with van der Waals surface area (Å²) in [6, 6.07) is 1.34. The second kappa shape index (κ2) is 5.60. The Morgan fingerprint density at radius 3 is 2.00 bits per heavy atom. The van der Waals surface area contributed by atoms with Crippen LogP contribution in [0.4, 0.5) is 0 Å². The number of aliphatic hydroxyl groups excluding tert-OH is 2. The van der Waals surface area contributed by atoms with Crippen molar-refractivity contribution in [2.24, 2.45) is 0 Å². The molecule has 1 fully saturated rings. The van der Waals surface area contributed by atoms with Crippen molar-refractivity contribution in [2.45, 2.75) is 36.3 Å². The summed E-state index contributed by atoms with van der Waals surface area (Å²) in [7, 11) is 0. The number of benzene rings is 1. The van der Waals surface area contributed by atoms with Crippen molar-refractivity contribution in [3.63, 3.8) is 0 Å². The summed E-state index contributed by atoms with van der Waals surface area (Å²) in [6.45, 7) is 0. The summed E-state index contributed by atoms with van der Waals surface area (Å²) < 4.78 is 0. The first-order valence-electron chi connectivity index (χ1n) is 6.76. The average molecular weight is 344 g/mol. The van der Waals surface area contributed by atoms with Crippen LogP contribution >= 0.6 is 0 Å². The summed E-state index contributed by atoms with van der Waals surface area (Å²) >= 11 is 0. The van der Waals surface area contributed by atoms with Crippen LogP contribution in [-0.4, -0.2) is 76.0 Å². The number of phenolic OH excluding ortho intramolecular Hbond substituents is 3. The van der Waals surface area contributed by atoms with Crippen LogP contribution in [0.25, 0.3) is 0 Å². The van der Waals surface area contributed by atoms with E-state index in [2.05, 4.69) is 0 Å². The molecule has 1 aliphatic rings. The maximum absolute atomic E-state index is 12.5. The van der Waals surface area contributed by atoms with Crippen molar-refractivity contribution < 1.29 is 50.4 Å². The fraction of sp³-hybridized carbons (Fsp3) is 0.429. The van der Waals surface area contributed by atoms with Crippen LogP contribution in [0, 0.1) is 0 Å². The van der Waals surface area contributed by atoms with Gasteiger partial charge in [0.25, 0.3) is 0 Å². The van der Waals surface area contributed by atoms with E-state index in [1.807, 2.05) is 0 Å². The Morgan fingerprint density at radius 1 is 1.04 bits per heavy atom. The van der Waals surface area contributed by atoms with E-state index in [0.717, 1.165) is 0 Å². The first-order chi connectivity index (χ1) is 10.9. The Kier molecular flexibility index (Phi) is 4.19. The van der Waals surface area contributed by atoms with Crippen molar-refractivity contribution >= 4 is 11.8 Å². The molecule has 1 saturated carbocycles. The molecule has 132 valence electrons.